The van der Waals surface area contributed by atoms with Gasteiger partial charge in [0, 0.05) is 32.4 Å². The third-order valence-electron chi connectivity index (χ3n) is 6.06. The molecule has 2 saturated heterocycles. The first kappa shape index (κ1) is 18.2. The Morgan fingerprint density at radius 3 is 2.74 bits per heavy atom. The second kappa shape index (κ2) is 6.75. The molecule has 0 N–H and O–H groups in total. The summed E-state index contributed by atoms with van der Waals surface area (Å²) in [5, 5.41) is 4.57. The Morgan fingerprint density at radius 1 is 1.19 bits per heavy atom. The Labute approximate surface area is 159 Å². The second-order valence-corrected chi connectivity index (χ2v) is 8.18. The molecule has 0 unspecified atom stereocenters. The van der Waals surface area contributed by atoms with Crippen LogP contribution < -0.4 is 0 Å². The van der Waals surface area contributed by atoms with Gasteiger partial charge in [-0.05, 0) is 69.5 Å². The van der Waals surface area contributed by atoms with Crippen LogP contribution in [0.15, 0.2) is 24.3 Å². The molecule has 1 amide bonds. The number of nitrogens with zero attached hydrogens (tertiary/aromatic N) is 4. The van der Waals surface area contributed by atoms with Crippen LogP contribution in [0.25, 0.3) is 5.69 Å². The lowest BCUT2D eigenvalue weighted by atomic mass is 9.78. The highest BCUT2D eigenvalue weighted by atomic mass is 19.1. The molecule has 27 heavy (non-hydrogen) atoms. The molecule has 2 aliphatic heterocycles. The van der Waals surface area contributed by atoms with Crippen molar-refractivity contribution in [3.63, 3.8) is 0 Å². The van der Waals surface area contributed by atoms with Crippen LogP contribution in [0.5, 0.6) is 0 Å². The lowest BCUT2D eigenvalue weighted by molar-refractivity contribution is -0.143. The van der Waals surface area contributed by atoms with E-state index in [9.17, 15) is 9.18 Å². The Kier molecular flexibility index (Phi) is 4.54. The summed E-state index contributed by atoms with van der Waals surface area (Å²) in [4.78, 5) is 16.9. The highest BCUT2D eigenvalue weighted by Crippen LogP contribution is 2.40. The summed E-state index contributed by atoms with van der Waals surface area (Å²) in [6.45, 7) is 7.07. The number of carbonyl (C=O) groups is 1. The lowest BCUT2D eigenvalue weighted by Crippen LogP contribution is -2.48. The smallest absolute Gasteiger partial charge is 0.229 e. The fraction of sp³-hybridized carbons (Fsp3) is 0.524. The van der Waals surface area contributed by atoms with Gasteiger partial charge in [0.1, 0.15) is 5.82 Å². The van der Waals surface area contributed by atoms with Crippen LogP contribution in [0.2, 0.25) is 0 Å². The van der Waals surface area contributed by atoms with E-state index in [-0.39, 0.29) is 17.1 Å². The van der Waals surface area contributed by atoms with E-state index in [4.69, 9.17) is 0 Å². The van der Waals surface area contributed by atoms with Gasteiger partial charge in [0.05, 0.1) is 16.8 Å². The molecular formula is C21H27FN4O. The fourth-order valence-corrected chi connectivity index (χ4v) is 4.74. The zero-order valence-electron chi connectivity index (χ0n) is 16.3. The predicted octanol–water partition coefficient (Wildman–Crippen LogP) is 3.07. The molecule has 1 spiro atoms. The van der Waals surface area contributed by atoms with E-state index in [0.717, 1.165) is 61.5 Å². The van der Waals surface area contributed by atoms with Gasteiger partial charge in [-0.3, -0.25) is 9.69 Å². The summed E-state index contributed by atoms with van der Waals surface area (Å²) in [5.74, 6) is 0.0342. The predicted molar refractivity (Wildman–Crippen MR) is 102 cm³/mol. The van der Waals surface area contributed by atoms with E-state index < -0.39 is 0 Å². The van der Waals surface area contributed by atoms with Gasteiger partial charge < -0.3 is 4.90 Å². The molecule has 2 aromatic rings. The van der Waals surface area contributed by atoms with E-state index in [1.807, 2.05) is 36.5 Å². The van der Waals surface area contributed by atoms with Gasteiger partial charge in [-0.15, -0.1) is 0 Å². The largest absolute Gasteiger partial charge is 0.345 e. The normalized spacial score (nSPS) is 23.6. The lowest BCUT2D eigenvalue weighted by Gasteiger charge is -2.37. The van der Waals surface area contributed by atoms with Crippen molar-refractivity contribution in [3.8, 4) is 5.69 Å². The molecule has 4 rings (SSSR count). The van der Waals surface area contributed by atoms with Crippen molar-refractivity contribution in [2.45, 2.75) is 39.7 Å². The molecule has 0 radical (unpaired) electrons. The number of carbonyl (C=O) groups excluding carboxylic acids is 1. The molecule has 1 aromatic heterocycles. The first-order valence-electron chi connectivity index (χ1n) is 9.68. The van der Waals surface area contributed by atoms with Crippen LogP contribution in [-0.4, -0.2) is 52.2 Å². The van der Waals surface area contributed by atoms with Gasteiger partial charge >= 0.3 is 0 Å². The number of halogens is 1. The summed E-state index contributed by atoms with van der Waals surface area (Å²) in [6.07, 6.45) is 2.91. The molecule has 0 aliphatic carbocycles. The molecule has 3 heterocycles. The molecule has 2 aliphatic rings. The Hall–Kier alpha value is -2.21. The summed E-state index contributed by atoms with van der Waals surface area (Å²) >= 11 is 0. The highest BCUT2D eigenvalue weighted by molar-refractivity contribution is 5.83. The third-order valence-corrected chi connectivity index (χ3v) is 6.06. The zero-order chi connectivity index (χ0) is 19.2. The van der Waals surface area contributed by atoms with Gasteiger partial charge in [0.15, 0.2) is 0 Å². The van der Waals surface area contributed by atoms with Gasteiger partial charge in [0.25, 0.3) is 0 Å². The van der Waals surface area contributed by atoms with E-state index >= 15 is 0 Å². The summed E-state index contributed by atoms with van der Waals surface area (Å²) in [6, 6.07) is 6.91. The highest BCUT2D eigenvalue weighted by Gasteiger charge is 2.47. The van der Waals surface area contributed by atoms with Crippen molar-refractivity contribution >= 4 is 5.91 Å². The number of hydrogen-bond acceptors (Lipinski definition) is 3. The maximum Gasteiger partial charge on any atom is 0.229 e. The monoisotopic (exact) mass is 370 g/mol. The quantitative estimate of drug-likeness (QED) is 0.834. The number of likely N-dealkylation sites (tertiary alicyclic amines) is 2. The number of hydrogen-bond donors (Lipinski definition) is 0. The average molecular weight is 370 g/mol. The van der Waals surface area contributed by atoms with Gasteiger partial charge in [0.2, 0.25) is 5.91 Å². The molecule has 144 valence electrons. The molecule has 0 saturated carbocycles. The van der Waals surface area contributed by atoms with Crippen LogP contribution in [0.3, 0.4) is 0 Å². The van der Waals surface area contributed by atoms with Crippen molar-refractivity contribution in [2.24, 2.45) is 5.41 Å². The first-order valence-corrected chi connectivity index (χ1v) is 9.68. The third kappa shape index (κ3) is 3.27. The van der Waals surface area contributed by atoms with Gasteiger partial charge in [-0.1, -0.05) is 0 Å². The second-order valence-electron chi connectivity index (χ2n) is 8.18. The van der Waals surface area contributed by atoms with Crippen molar-refractivity contribution in [2.75, 3.05) is 26.7 Å². The number of amides is 1. The molecule has 6 heteroatoms. The van der Waals surface area contributed by atoms with Gasteiger partial charge in [-0.25, -0.2) is 9.07 Å². The Balaban J connectivity index is 1.59. The van der Waals surface area contributed by atoms with Crippen LogP contribution in [0, 0.1) is 25.1 Å². The molecule has 5 nitrogen and oxygen atoms in total. The minimum Gasteiger partial charge on any atom is -0.345 e. The first-order chi connectivity index (χ1) is 12.9. The fourth-order valence-electron chi connectivity index (χ4n) is 4.74. The number of rotatable bonds is 3. The van der Waals surface area contributed by atoms with Crippen LogP contribution in [0.4, 0.5) is 4.39 Å². The van der Waals surface area contributed by atoms with Crippen molar-refractivity contribution in [1.82, 2.24) is 19.6 Å². The van der Waals surface area contributed by atoms with E-state index in [1.54, 1.807) is 12.1 Å². The van der Waals surface area contributed by atoms with Crippen molar-refractivity contribution in [1.29, 1.82) is 0 Å². The standard InChI is InChI=1S/C21H27FN4O/c1-15-11-16(2)26(23-15)19-6-5-18(22)12-17(19)13-25-10-8-21(14-25)7-4-9-24(3)20(21)27/h5-6,11-12H,4,7-10,13-14H2,1-3H3/t21-/m0/s1. The maximum absolute atomic E-state index is 14.0. The van der Waals surface area contributed by atoms with Crippen molar-refractivity contribution < 1.29 is 9.18 Å². The molecule has 1 aromatic carbocycles. The SMILES string of the molecule is Cc1cc(C)n(-c2ccc(F)cc2CN2CC[C@@]3(CCCN(C)C3=O)C2)n1. The summed E-state index contributed by atoms with van der Waals surface area (Å²) in [7, 11) is 1.90. The molecule has 1 atom stereocenters. The topological polar surface area (TPSA) is 41.4 Å². The minimum absolute atomic E-state index is 0.238. The molecular weight excluding hydrogens is 343 g/mol. The zero-order valence-corrected chi connectivity index (χ0v) is 16.3. The van der Waals surface area contributed by atoms with Crippen LogP contribution in [0.1, 0.15) is 36.2 Å². The van der Waals surface area contributed by atoms with Crippen LogP contribution in [-0.2, 0) is 11.3 Å². The van der Waals surface area contributed by atoms with Crippen LogP contribution >= 0.6 is 0 Å². The van der Waals surface area contributed by atoms with E-state index in [1.165, 1.54) is 6.07 Å². The minimum atomic E-state index is -0.251. The summed E-state index contributed by atoms with van der Waals surface area (Å²) in [5.41, 5.74) is 3.55. The van der Waals surface area contributed by atoms with E-state index in [2.05, 4.69) is 10.00 Å². The Bertz CT molecular complexity index is 877. The van der Waals surface area contributed by atoms with E-state index in [0.29, 0.717) is 6.54 Å². The average Bonchev–Trinajstić information content (AvgIpc) is 3.17. The van der Waals surface area contributed by atoms with Crippen molar-refractivity contribution in [3.05, 3.63) is 47.0 Å². The summed E-state index contributed by atoms with van der Waals surface area (Å²) < 4.78 is 15.9. The molecule has 0 bridgehead atoms. The number of piperidine rings is 1. The maximum atomic E-state index is 14.0. The number of aryl methyl sites for hydroxylation is 2. The molecule has 2 fully saturated rings. The Morgan fingerprint density at radius 2 is 2.00 bits per heavy atom. The number of aromatic nitrogens is 2. The number of benzene rings is 1. The van der Waals surface area contributed by atoms with Gasteiger partial charge in [-0.2, -0.15) is 5.10 Å².